The standard InChI is InChI=1S/C33H31P2.C15H26P.Fe/c1-33(2,3)26-24-31(34(27-16-8-4-9-17-27)28-18-10-5-11-19-28)32(25-26)35(29-20-12-6-13-21-29)30-22-14-7-15-23-30;1-11(2)16(12(3)4)14-9-8-13(10-14)15(5,6)7;/h4-25H,1-3H3;8-12H,1-7H3;/q2*-1;+2. The van der Waals surface area contributed by atoms with Crippen LogP contribution in [0.5, 0.6) is 0 Å². The van der Waals surface area contributed by atoms with E-state index in [1.165, 1.54) is 43.0 Å². The maximum absolute atomic E-state index is 2.52. The van der Waals surface area contributed by atoms with Crippen molar-refractivity contribution < 1.29 is 17.1 Å². The normalized spacial score (nSPS) is 12.0. The van der Waals surface area contributed by atoms with Crippen molar-refractivity contribution >= 4 is 60.9 Å². The van der Waals surface area contributed by atoms with Crippen LogP contribution in [0.1, 0.15) is 80.4 Å². The first kappa shape index (κ1) is 42.1. The van der Waals surface area contributed by atoms with Gasteiger partial charge in [0, 0.05) is 0 Å². The van der Waals surface area contributed by atoms with Crippen molar-refractivity contribution in [3.05, 3.63) is 163 Å². The molecule has 0 aliphatic heterocycles. The van der Waals surface area contributed by atoms with E-state index in [2.05, 4.69) is 221 Å². The van der Waals surface area contributed by atoms with Gasteiger partial charge in [-0.05, 0) is 40.5 Å². The molecule has 0 fully saturated rings. The summed E-state index contributed by atoms with van der Waals surface area (Å²) in [5, 5.41) is 10.2. The van der Waals surface area contributed by atoms with E-state index < -0.39 is 15.8 Å². The summed E-state index contributed by atoms with van der Waals surface area (Å²) in [7, 11) is -1.38. The van der Waals surface area contributed by atoms with Crippen LogP contribution in [0.15, 0.2) is 152 Å². The fourth-order valence-corrected chi connectivity index (χ4v) is 14.9. The summed E-state index contributed by atoms with van der Waals surface area (Å²) in [6, 6.07) is 56.5. The number of rotatable bonds is 9. The molecule has 0 radical (unpaired) electrons. The third-order valence-corrected chi connectivity index (χ3v) is 17.5. The van der Waals surface area contributed by atoms with E-state index in [1.54, 1.807) is 5.30 Å². The average molecular weight is 783 g/mol. The molecule has 52 heavy (non-hydrogen) atoms. The monoisotopic (exact) mass is 782 g/mol. The van der Waals surface area contributed by atoms with E-state index in [4.69, 9.17) is 0 Å². The van der Waals surface area contributed by atoms with Crippen LogP contribution in [0.25, 0.3) is 0 Å². The maximum atomic E-state index is 2.52. The Labute approximate surface area is 330 Å². The molecule has 0 N–H and O–H groups in total. The number of benzene rings is 4. The largest absolute Gasteiger partial charge is 2.00 e. The molecule has 272 valence electrons. The molecule has 0 bridgehead atoms. The van der Waals surface area contributed by atoms with E-state index in [9.17, 15) is 0 Å². The predicted octanol–water partition coefficient (Wildman–Crippen LogP) is 10.8. The molecule has 0 atom stereocenters. The quantitative estimate of drug-likeness (QED) is 0.0779. The minimum atomic E-state index is -0.690. The molecule has 0 saturated heterocycles. The second-order valence-electron chi connectivity index (χ2n) is 16.0. The summed E-state index contributed by atoms with van der Waals surface area (Å²) >= 11 is 0. The van der Waals surface area contributed by atoms with Gasteiger partial charge in [0.2, 0.25) is 0 Å². The van der Waals surface area contributed by atoms with Gasteiger partial charge in [-0.3, -0.25) is 0 Å². The van der Waals surface area contributed by atoms with Gasteiger partial charge in [0.15, 0.2) is 0 Å². The first-order valence-corrected chi connectivity index (χ1v) is 22.6. The molecule has 0 spiro atoms. The summed E-state index contributed by atoms with van der Waals surface area (Å²) in [5.41, 5.74) is 4.83. The van der Waals surface area contributed by atoms with Crippen molar-refractivity contribution in [2.24, 2.45) is 0 Å². The Hall–Kier alpha value is -2.61. The molecule has 0 heterocycles. The van der Waals surface area contributed by atoms with Crippen molar-refractivity contribution in [1.82, 2.24) is 0 Å². The van der Waals surface area contributed by atoms with Crippen LogP contribution in [-0.4, -0.2) is 11.3 Å². The summed E-state index contributed by atoms with van der Waals surface area (Å²) in [4.78, 5) is 0. The van der Waals surface area contributed by atoms with Crippen LogP contribution >= 0.6 is 23.8 Å². The molecule has 0 unspecified atom stereocenters. The Morgan fingerprint density at radius 3 is 1.25 bits per heavy atom. The van der Waals surface area contributed by atoms with E-state index in [-0.39, 0.29) is 35.8 Å². The molecule has 6 rings (SSSR count). The van der Waals surface area contributed by atoms with E-state index in [1.807, 2.05) is 0 Å². The zero-order chi connectivity index (χ0) is 36.8. The molecular weight excluding hydrogens is 725 g/mol. The SMILES string of the molecule is CC(C)(C)c1cc(P(c2ccccc2)c2ccccc2)[c-](P(c2ccccc2)c2ccccc2)c1.CC(C)P(c1cc[c-](C(C)(C)C)c1)C(C)C.[Fe+2]. The summed E-state index contributed by atoms with van der Waals surface area (Å²) in [6.07, 6.45) is 0. The van der Waals surface area contributed by atoms with Gasteiger partial charge in [-0.15, -0.1) is 18.5 Å². The van der Waals surface area contributed by atoms with Crippen LogP contribution in [0.4, 0.5) is 0 Å². The minimum absolute atomic E-state index is 0. The first-order valence-electron chi connectivity index (χ1n) is 18.4. The molecule has 0 aliphatic rings. The number of hydrogen-bond donors (Lipinski definition) is 0. The van der Waals surface area contributed by atoms with Crippen LogP contribution in [-0.2, 0) is 27.9 Å². The van der Waals surface area contributed by atoms with Crippen LogP contribution in [0, 0.1) is 0 Å². The Morgan fingerprint density at radius 1 is 0.500 bits per heavy atom. The van der Waals surface area contributed by atoms with Gasteiger partial charge in [-0.1, -0.05) is 209 Å². The zero-order valence-electron chi connectivity index (χ0n) is 32.8. The predicted molar refractivity (Wildman–Crippen MR) is 236 cm³/mol. The van der Waals surface area contributed by atoms with Crippen LogP contribution in [0.3, 0.4) is 0 Å². The number of hydrogen-bond acceptors (Lipinski definition) is 0. The summed E-state index contributed by atoms with van der Waals surface area (Å²) in [6.45, 7) is 23.3. The summed E-state index contributed by atoms with van der Waals surface area (Å²) in [5.74, 6) is 0. The molecule has 6 aromatic carbocycles. The van der Waals surface area contributed by atoms with Crippen LogP contribution < -0.4 is 37.1 Å². The van der Waals surface area contributed by atoms with Gasteiger partial charge < -0.3 is 0 Å². The van der Waals surface area contributed by atoms with Gasteiger partial charge in [-0.2, -0.15) is 34.6 Å². The minimum Gasteiger partial charge on any atom is -0.206 e. The second kappa shape index (κ2) is 18.6. The third-order valence-electron chi connectivity index (χ3n) is 9.27. The Balaban J connectivity index is 0.000000301. The molecule has 0 aliphatic carbocycles. The fourth-order valence-electron chi connectivity index (χ4n) is 6.69. The van der Waals surface area contributed by atoms with E-state index >= 15 is 0 Å². The molecule has 4 heteroatoms. The zero-order valence-corrected chi connectivity index (χ0v) is 36.6. The van der Waals surface area contributed by atoms with Gasteiger partial charge >= 0.3 is 17.1 Å². The molecule has 6 aromatic rings. The van der Waals surface area contributed by atoms with Gasteiger partial charge in [0.1, 0.15) is 0 Å². The van der Waals surface area contributed by atoms with Gasteiger partial charge in [0.25, 0.3) is 0 Å². The Bertz CT molecular complexity index is 1720. The Morgan fingerprint density at radius 2 is 0.904 bits per heavy atom. The van der Waals surface area contributed by atoms with Crippen molar-refractivity contribution in [3.63, 3.8) is 0 Å². The van der Waals surface area contributed by atoms with Crippen LogP contribution in [0.2, 0.25) is 0 Å². The average Bonchev–Trinajstić information content (AvgIpc) is 3.76. The first-order chi connectivity index (χ1) is 24.3. The van der Waals surface area contributed by atoms with Crippen molar-refractivity contribution in [2.75, 3.05) is 0 Å². The van der Waals surface area contributed by atoms with Crippen molar-refractivity contribution in [2.45, 2.75) is 91.4 Å². The van der Waals surface area contributed by atoms with E-state index in [0.717, 1.165) is 11.3 Å². The topological polar surface area (TPSA) is 0 Å². The maximum Gasteiger partial charge on any atom is 2.00 e. The second-order valence-corrected chi connectivity index (χ2v) is 23.7. The van der Waals surface area contributed by atoms with Gasteiger partial charge in [-0.25, -0.2) is 12.1 Å². The summed E-state index contributed by atoms with van der Waals surface area (Å²) < 4.78 is 0. The fraction of sp³-hybridized carbons (Fsp3) is 0.292. The van der Waals surface area contributed by atoms with Crippen molar-refractivity contribution in [3.8, 4) is 0 Å². The molecule has 0 amide bonds. The Kier molecular flexibility index (Phi) is 15.1. The van der Waals surface area contributed by atoms with E-state index in [0.29, 0.717) is 0 Å². The van der Waals surface area contributed by atoms with Gasteiger partial charge in [0.05, 0.1) is 0 Å². The molecule has 0 nitrogen and oxygen atoms in total. The molecular formula is C48H57FeP3. The third kappa shape index (κ3) is 10.5. The van der Waals surface area contributed by atoms with Crippen molar-refractivity contribution in [1.29, 1.82) is 0 Å². The molecule has 0 aromatic heterocycles. The molecule has 0 saturated carbocycles. The smallest absolute Gasteiger partial charge is 0.206 e.